The third-order valence-electron chi connectivity index (χ3n) is 3.39. The predicted molar refractivity (Wildman–Crippen MR) is 75.2 cm³/mol. The van der Waals surface area contributed by atoms with E-state index < -0.39 is 0 Å². The Morgan fingerprint density at radius 2 is 2.12 bits per heavy atom. The first-order valence-electron chi connectivity index (χ1n) is 6.54. The summed E-state index contributed by atoms with van der Waals surface area (Å²) in [4.78, 5) is 4.21. The number of nitrogens with zero attached hydrogens (tertiary/aromatic N) is 1. The molecule has 1 atom stereocenters. The van der Waals surface area contributed by atoms with Crippen molar-refractivity contribution in [1.29, 1.82) is 0 Å². The predicted octanol–water partition coefficient (Wildman–Crippen LogP) is 3.46. The molecule has 3 heteroatoms. The van der Waals surface area contributed by atoms with Crippen LogP contribution in [0.25, 0.3) is 0 Å². The van der Waals surface area contributed by atoms with E-state index in [9.17, 15) is 0 Å². The molecule has 0 bridgehead atoms. The van der Waals surface area contributed by atoms with Crippen LogP contribution >= 0.6 is 11.8 Å². The van der Waals surface area contributed by atoms with Gasteiger partial charge in [-0.25, -0.2) is 0 Å². The summed E-state index contributed by atoms with van der Waals surface area (Å²) in [6.45, 7) is 2.07. The van der Waals surface area contributed by atoms with Gasteiger partial charge in [0, 0.05) is 29.4 Å². The third-order valence-corrected chi connectivity index (χ3v) is 4.88. The minimum atomic E-state index is 0.134. The van der Waals surface area contributed by atoms with Crippen molar-refractivity contribution in [2.45, 2.75) is 50.3 Å². The van der Waals surface area contributed by atoms with E-state index in [1.807, 2.05) is 12.4 Å². The summed E-state index contributed by atoms with van der Waals surface area (Å²) in [7, 11) is 0. The highest BCUT2D eigenvalue weighted by Gasteiger charge is 2.15. The average molecular weight is 250 g/mol. The van der Waals surface area contributed by atoms with Crippen molar-refractivity contribution < 1.29 is 0 Å². The summed E-state index contributed by atoms with van der Waals surface area (Å²) in [5.74, 6) is 1.02. The number of pyridine rings is 1. The van der Waals surface area contributed by atoms with Gasteiger partial charge in [0.05, 0.1) is 0 Å². The van der Waals surface area contributed by atoms with Crippen LogP contribution in [0.4, 0.5) is 0 Å². The second kappa shape index (κ2) is 6.41. The molecule has 0 aromatic carbocycles. The number of hydrogen-bond acceptors (Lipinski definition) is 3. The number of aromatic nitrogens is 1. The van der Waals surface area contributed by atoms with E-state index in [-0.39, 0.29) is 6.04 Å². The first-order valence-corrected chi connectivity index (χ1v) is 7.59. The second-order valence-corrected chi connectivity index (χ2v) is 6.33. The Hall–Kier alpha value is -0.540. The lowest BCUT2D eigenvalue weighted by Gasteiger charge is -2.22. The van der Waals surface area contributed by atoms with Gasteiger partial charge in [-0.1, -0.05) is 25.3 Å². The molecule has 1 fully saturated rings. The molecule has 2 rings (SSSR count). The van der Waals surface area contributed by atoms with Crippen molar-refractivity contribution >= 4 is 11.8 Å². The van der Waals surface area contributed by atoms with Crippen LogP contribution in [0, 0.1) is 6.92 Å². The molecule has 1 unspecified atom stereocenters. The normalized spacial score (nSPS) is 19.2. The van der Waals surface area contributed by atoms with Crippen LogP contribution in [0.3, 0.4) is 0 Å². The van der Waals surface area contributed by atoms with Gasteiger partial charge in [0.1, 0.15) is 0 Å². The number of rotatable bonds is 4. The quantitative estimate of drug-likeness (QED) is 0.889. The number of aryl methyl sites for hydroxylation is 1. The lowest BCUT2D eigenvalue weighted by Crippen LogP contribution is -2.17. The first-order chi connectivity index (χ1) is 8.25. The Kier molecular flexibility index (Phi) is 4.86. The number of nitrogens with two attached hydrogens (primary N) is 1. The van der Waals surface area contributed by atoms with E-state index >= 15 is 0 Å². The molecule has 0 spiro atoms. The lowest BCUT2D eigenvalue weighted by atomic mass is 10.0. The van der Waals surface area contributed by atoms with E-state index in [1.165, 1.54) is 43.2 Å². The maximum absolute atomic E-state index is 6.22. The summed E-state index contributed by atoms with van der Waals surface area (Å²) in [5, 5.41) is 0.840. The zero-order valence-electron chi connectivity index (χ0n) is 10.6. The van der Waals surface area contributed by atoms with Gasteiger partial charge in [-0.05, 0) is 30.9 Å². The summed E-state index contributed by atoms with van der Waals surface area (Å²) < 4.78 is 0. The van der Waals surface area contributed by atoms with Gasteiger partial charge in [0.15, 0.2) is 0 Å². The molecule has 94 valence electrons. The highest BCUT2D eigenvalue weighted by Crippen LogP contribution is 2.30. The molecular weight excluding hydrogens is 228 g/mol. The van der Waals surface area contributed by atoms with Gasteiger partial charge in [-0.15, -0.1) is 0 Å². The maximum atomic E-state index is 6.22. The minimum Gasteiger partial charge on any atom is -0.323 e. The van der Waals surface area contributed by atoms with Crippen LogP contribution in [0.15, 0.2) is 18.5 Å². The molecule has 0 aliphatic heterocycles. The zero-order chi connectivity index (χ0) is 12.1. The van der Waals surface area contributed by atoms with Gasteiger partial charge in [0.25, 0.3) is 0 Å². The molecule has 2 nitrogen and oxygen atoms in total. The zero-order valence-corrected chi connectivity index (χ0v) is 11.4. The van der Waals surface area contributed by atoms with Crippen LogP contribution in [-0.4, -0.2) is 16.0 Å². The first kappa shape index (κ1) is 12.9. The molecule has 1 aromatic rings. The van der Waals surface area contributed by atoms with Crippen molar-refractivity contribution in [3.63, 3.8) is 0 Å². The van der Waals surface area contributed by atoms with Gasteiger partial charge >= 0.3 is 0 Å². The SMILES string of the molecule is Cc1cncc(C(N)CSC2CCCCC2)c1. The van der Waals surface area contributed by atoms with Crippen molar-refractivity contribution in [3.05, 3.63) is 29.6 Å². The van der Waals surface area contributed by atoms with Crippen LogP contribution < -0.4 is 5.73 Å². The third kappa shape index (κ3) is 4.00. The molecule has 1 saturated carbocycles. The number of thioether (sulfide) groups is 1. The average Bonchev–Trinajstić information content (AvgIpc) is 2.37. The Balaban J connectivity index is 1.82. The highest BCUT2D eigenvalue weighted by atomic mass is 32.2. The fraction of sp³-hybridized carbons (Fsp3) is 0.643. The van der Waals surface area contributed by atoms with E-state index in [4.69, 9.17) is 5.73 Å². The van der Waals surface area contributed by atoms with E-state index in [0.717, 1.165) is 11.0 Å². The van der Waals surface area contributed by atoms with Crippen LogP contribution in [-0.2, 0) is 0 Å². The molecule has 1 aliphatic rings. The molecule has 0 amide bonds. The summed E-state index contributed by atoms with van der Waals surface area (Å²) in [6.07, 6.45) is 10.8. The molecule has 0 radical (unpaired) electrons. The summed E-state index contributed by atoms with van der Waals surface area (Å²) in [5.41, 5.74) is 8.59. The topological polar surface area (TPSA) is 38.9 Å². The Morgan fingerprint density at radius 1 is 1.35 bits per heavy atom. The lowest BCUT2D eigenvalue weighted by molar-refractivity contribution is 0.515. The van der Waals surface area contributed by atoms with Crippen LogP contribution in [0.1, 0.15) is 49.3 Å². The van der Waals surface area contributed by atoms with Gasteiger partial charge in [-0.2, -0.15) is 11.8 Å². The fourth-order valence-corrected chi connectivity index (χ4v) is 3.69. The fourth-order valence-electron chi connectivity index (χ4n) is 2.35. The minimum absolute atomic E-state index is 0.134. The van der Waals surface area contributed by atoms with Gasteiger partial charge in [0.2, 0.25) is 0 Å². The summed E-state index contributed by atoms with van der Waals surface area (Å²) >= 11 is 2.05. The van der Waals surface area contributed by atoms with Crippen molar-refractivity contribution in [2.24, 2.45) is 5.73 Å². The summed E-state index contributed by atoms with van der Waals surface area (Å²) in [6, 6.07) is 2.29. The van der Waals surface area contributed by atoms with E-state index in [0.29, 0.717) is 0 Å². The van der Waals surface area contributed by atoms with E-state index in [2.05, 4.69) is 29.7 Å². The molecule has 1 aromatic heterocycles. The van der Waals surface area contributed by atoms with Gasteiger partial charge in [-0.3, -0.25) is 4.98 Å². The van der Waals surface area contributed by atoms with Crippen molar-refractivity contribution in [2.75, 3.05) is 5.75 Å². The highest BCUT2D eigenvalue weighted by molar-refractivity contribution is 7.99. The molecule has 17 heavy (non-hydrogen) atoms. The largest absolute Gasteiger partial charge is 0.323 e. The molecule has 1 heterocycles. The van der Waals surface area contributed by atoms with E-state index in [1.54, 1.807) is 0 Å². The number of hydrogen-bond donors (Lipinski definition) is 1. The molecule has 1 aliphatic carbocycles. The monoisotopic (exact) mass is 250 g/mol. The van der Waals surface area contributed by atoms with Crippen molar-refractivity contribution in [1.82, 2.24) is 4.98 Å². The molecule has 0 saturated heterocycles. The molecule has 2 N–H and O–H groups in total. The molecular formula is C14H22N2S. The van der Waals surface area contributed by atoms with Crippen molar-refractivity contribution in [3.8, 4) is 0 Å². The van der Waals surface area contributed by atoms with Crippen LogP contribution in [0.2, 0.25) is 0 Å². The van der Waals surface area contributed by atoms with Crippen LogP contribution in [0.5, 0.6) is 0 Å². The maximum Gasteiger partial charge on any atom is 0.0402 e. The van der Waals surface area contributed by atoms with Gasteiger partial charge < -0.3 is 5.73 Å². The Labute approximate surface area is 108 Å². The Bertz CT molecular complexity index is 348. The second-order valence-electron chi connectivity index (χ2n) is 5.00. The smallest absolute Gasteiger partial charge is 0.0402 e. The Morgan fingerprint density at radius 3 is 2.82 bits per heavy atom. The standard InChI is InChI=1S/C14H22N2S/c1-11-7-12(9-16-8-11)14(15)10-17-13-5-3-2-4-6-13/h7-9,13-14H,2-6,10,15H2,1H3.